The molecule has 0 saturated heterocycles. The largest absolute Gasteiger partial charge is 0.296 e. The quantitative estimate of drug-likeness (QED) is 0.0538. The zero-order valence-corrected chi connectivity index (χ0v) is 47.4. The topological polar surface area (TPSA) is 149 Å². The van der Waals surface area contributed by atoms with Crippen molar-refractivity contribution in [1.82, 2.24) is 9.80 Å². The van der Waals surface area contributed by atoms with Crippen molar-refractivity contribution in [3.05, 3.63) is 203 Å². The summed E-state index contributed by atoms with van der Waals surface area (Å²) >= 11 is 5.41. The van der Waals surface area contributed by atoms with Gasteiger partial charge < -0.3 is 0 Å². The number of sulfone groups is 3. The second kappa shape index (κ2) is 27.2. The van der Waals surface area contributed by atoms with Crippen molar-refractivity contribution in [3.63, 3.8) is 0 Å². The normalized spacial score (nSPS) is 14.3. The molecule has 6 aromatic rings. The second-order valence-electron chi connectivity index (χ2n) is 17.8. The standard InChI is InChI=1S/C29H31NO6S3.C29H31NS3.H2O2/c1-37(31,32)26-10-4-7-23(19-26)22-13-16-30(17-14-22)18-15-29(24-8-5-11-27(20-24)38(2,33)34)25-9-6-12-28(21-25)39(3,35)36;1-31-26-10-4-7-23(19-26)22-13-16-30(17-14-22)18-15-29(24-8-5-11-27(20-24)32-2)25-9-6-12-28(21-25)33-3;1-2/h4-13,15,19-21H,14,16-18H2,1-3H3;4-13,15,19-21H,14,16-18H2,1-3H3;1-2H. The van der Waals surface area contributed by atoms with E-state index < -0.39 is 29.5 Å². The zero-order valence-electron chi connectivity index (χ0n) is 42.5. The number of benzene rings is 6. The van der Waals surface area contributed by atoms with E-state index >= 15 is 0 Å². The molecule has 6 aromatic carbocycles. The molecule has 2 N–H and O–H groups in total. The lowest BCUT2D eigenvalue weighted by Gasteiger charge is -2.26. The highest BCUT2D eigenvalue weighted by Gasteiger charge is 2.19. The molecule has 0 spiro atoms. The summed E-state index contributed by atoms with van der Waals surface area (Å²) in [6.07, 6.45) is 20.7. The minimum atomic E-state index is -3.43. The third kappa shape index (κ3) is 16.5. The van der Waals surface area contributed by atoms with Gasteiger partial charge in [-0.25, -0.2) is 25.3 Å². The van der Waals surface area contributed by atoms with Crippen molar-refractivity contribution in [2.45, 2.75) is 42.2 Å². The summed E-state index contributed by atoms with van der Waals surface area (Å²) in [7, 11) is -10.2. The van der Waals surface area contributed by atoms with Gasteiger partial charge in [-0.05, 0) is 160 Å². The Balaban J connectivity index is 0.000000236. The highest BCUT2D eigenvalue weighted by atomic mass is 32.2. The van der Waals surface area contributed by atoms with E-state index in [0.717, 1.165) is 68.2 Å². The second-order valence-corrected chi connectivity index (χ2v) is 26.5. The van der Waals surface area contributed by atoms with E-state index in [2.05, 4.69) is 120 Å². The maximum Gasteiger partial charge on any atom is 0.175 e. The zero-order chi connectivity index (χ0) is 53.5. The molecule has 0 atom stereocenters. The van der Waals surface area contributed by atoms with E-state index in [1.807, 2.05) is 36.0 Å². The Bertz CT molecular complexity index is 3260. The minimum Gasteiger partial charge on any atom is -0.296 e. The van der Waals surface area contributed by atoms with Gasteiger partial charge in [0.15, 0.2) is 29.5 Å². The van der Waals surface area contributed by atoms with E-state index in [1.54, 1.807) is 78.1 Å². The molecular formula is C58H64N2O8S6. The van der Waals surface area contributed by atoms with Crippen molar-refractivity contribution in [2.75, 3.05) is 76.8 Å². The maximum absolute atomic E-state index is 12.2. The van der Waals surface area contributed by atoms with Crippen LogP contribution in [0.2, 0.25) is 0 Å². The Morgan fingerprint density at radius 1 is 0.459 bits per heavy atom. The van der Waals surface area contributed by atoms with Crippen molar-refractivity contribution < 1.29 is 35.8 Å². The molecule has 0 radical (unpaired) electrons. The molecule has 0 aromatic heterocycles. The van der Waals surface area contributed by atoms with Gasteiger partial charge in [-0.15, -0.1) is 35.3 Å². The Morgan fingerprint density at radius 3 is 1.15 bits per heavy atom. The monoisotopic (exact) mass is 1110 g/mol. The predicted molar refractivity (Wildman–Crippen MR) is 311 cm³/mol. The third-order valence-corrected chi connectivity index (χ3v) is 18.2. The lowest BCUT2D eigenvalue weighted by atomic mass is 9.96. The minimum absolute atomic E-state index is 0.187. The summed E-state index contributed by atoms with van der Waals surface area (Å²) in [5.41, 5.74) is 10.8. The number of hydrogen-bond donors (Lipinski definition) is 2. The fourth-order valence-corrected chi connectivity index (χ4v) is 12.0. The summed E-state index contributed by atoms with van der Waals surface area (Å²) in [6, 6.07) is 47.0. The van der Waals surface area contributed by atoms with Crippen LogP contribution in [0.1, 0.15) is 46.2 Å². The number of hydrogen-bond acceptors (Lipinski definition) is 13. The molecule has 0 saturated carbocycles. The van der Waals surface area contributed by atoms with Crippen molar-refractivity contribution in [2.24, 2.45) is 0 Å². The summed E-state index contributed by atoms with van der Waals surface area (Å²) in [5, 5.41) is 12.0. The highest BCUT2D eigenvalue weighted by molar-refractivity contribution is 7.99. The molecule has 0 amide bonds. The molecule has 390 valence electrons. The van der Waals surface area contributed by atoms with E-state index in [9.17, 15) is 25.3 Å². The van der Waals surface area contributed by atoms with Crippen LogP contribution in [-0.2, 0) is 29.5 Å². The third-order valence-electron chi connectivity index (χ3n) is 12.7. The van der Waals surface area contributed by atoms with Crippen LogP contribution in [-0.4, -0.2) is 122 Å². The lowest BCUT2D eigenvalue weighted by Crippen LogP contribution is -2.28. The summed E-state index contributed by atoms with van der Waals surface area (Å²) < 4.78 is 72.8. The number of rotatable bonds is 16. The Kier molecular flexibility index (Phi) is 21.4. The van der Waals surface area contributed by atoms with Gasteiger partial charge in [-0.2, -0.15) is 0 Å². The van der Waals surface area contributed by atoms with Gasteiger partial charge in [0.1, 0.15) is 0 Å². The van der Waals surface area contributed by atoms with Crippen LogP contribution in [0.15, 0.2) is 199 Å². The molecule has 8 rings (SSSR count). The van der Waals surface area contributed by atoms with Crippen LogP contribution in [0.3, 0.4) is 0 Å². The first-order valence-corrected chi connectivity index (χ1v) is 33.0. The van der Waals surface area contributed by atoms with Gasteiger partial charge in [0.2, 0.25) is 0 Å². The molecule has 2 heterocycles. The summed E-state index contributed by atoms with van der Waals surface area (Å²) in [4.78, 5) is 9.37. The van der Waals surface area contributed by atoms with E-state index in [-0.39, 0.29) is 9.79 Å². The van der Waals surface area contributed by atoms with E-state index in [4.69, 9.17) is 10.5 Å². The van der Waals surface area contributed by atoms with E-state index in [1.165, 1.54) is 48.8 Å². The molecule has 2 aliphatic heterocycles. The van der Waals surface area contributed by atoms with Crippen LogP contribution < -0.4 is 0 Å². The molecule has 16 heteroatoms. The number of thioether (sulfide) groups is 3. The van der Waals surface area contributed by atoms with Crippen LogP contribution in [0.4, 0.5) is 0 Å². The lowest BCUT2D eigenvalue weighted by molar-refractivity contribution is -0.176. The molecule has 0 unspecified atom stereocenters. The van der Waals surface area contributed by atoms with Gasteiger partial charge in [-0.1, -0.05) is 97.1 Å². The van der Waals surface area contributed by atoms with Gasteiger partial charge in [0, 0.05) is 72.7 Å². The fraction of sp³-hybridized carbons (Fsp3) is 0.241. The molecule has 0 fully saturated rings. The number of nitrogens with zero attached hydrogens (tertiary/aromatic N) is 2. The average molecular weight is 1110 g/mol. The first-order chi connectivity index (χ1) is 35.4. The molecule has 2 aliphatic rings. The predicted octanol–water partition coefficient (Wildman–Crippen LogP) is 12.2. The SMILES string of the molecule is CS(=O)(=O)c1cccc(C2=CCN(CC=C(c3cccc(S(C)(=O)=O)c3)c3cccc(S(C)(=O)=O)c3)CC2)c1.CSc1cccc(C2=CCN(CC=C(c3cccc(SC)c3)c3cccc(SC)c3)CC2)c1.OO. The van der Waals surface area contributed by atoms with E-state index in [0.29, 0.717) is 29.1 Å². The molecule has 74 heavy (non-hydrogen) atoms. The maximum atomic E-state index is 12.2. The van der Waals surface area contributed by atoms with Gasteiger partial charge >= 0.3 is 0 Å². The average Bonchev–Trinajstić information content (AvgIpc) is 3.42. The summed E-state index contributed by atoms with van der Waals surface area (Å²) in [5.74, 6) is 0. The van der Waals surface area contributed by atoms with Crippen molar-refractivity contribution in [3.8, 4) is 0 Å². The Hall–Kier alpha value is -4.98. The van der Waals surface area contributed by atoms with Crippen LogP contribution in [0.25, 0.3) is 22.3 Å². The summed E-state index contributed by atoms with van der Waals surface area (Å²) in [6.45, 7) is 4.99. The fourth-order valence-electron chi connectivity index (χ4n) is 8.64. The van der Waals surface area contributed by atoms with Crippen molar-refractivity contribution >= 4 is 87.1 Å². The molecular weight excluding hydrogens is 1050 g/mol. The van der Waals surface area contributed by atoms with Crippen LogP contribution >= 0.6 is 35.3 Å². The first kappa shape index (κ1) is 58.3. The smallest absolute Gasteiger partial charge is 0.175 e. The van der Waals surface area contributed by atoms with Gasteiger partial charge in [0.25, 0.3) is 0 Å². The first-order valence-electron chi connectivity index (χ1n) is 23.7. The van der Waals surface area contributed by atoms with Crippen LogP contribution in [0, 0.1) is 0 Å². The van der Waals surface area contributed by atoms with Crippen molar-refractivity contribution in [1.29, 1.82) is 0 Å². The Morgan fingerprint density at radius 2 is 0.784 bits per heavy atom. The highest BCUT2D eigenvalue weighted by Crippen LogP contribution is 2.32. The van der Waals surface area contributed by atoms with Gasteiger partial charge in [0.05, 0.1) is 14.7 Å². The van der Waals surface area contributed by atoms with Crippen LogP contribution in [0.5, 0.6) is 0 Å². The molecule has 0 bridgehead atoms. The molecule has 10 nitrogen and oxygen atoms in total. The van der Waals surface area contributed by atoms with Gasteiger partial charge in [-0.3, -0.25) is 20.3 Å². The Labute approximate surface area is 451 Å². The molecule has 0 aliphatic carbocycles.